The van der Waals surface area contributed by atoms with Crippen molar-refractivity contribution in [2.24, 2.45) is 0 Å². The second-order valence-electron chi connectivity index (χ2n) is 5.05. The van der Waals surface area contributed by atoms with Crippen molar-refractivity contribution in [3.63, 3.8) is 0 Å². The van der Waals surface area contributed by atoms with Gasteiger partial charge in [0.2, 0.25) is 0 Å². The summed E-state index contributed by atoms with van der Waals surface area (Å²) in [6.45, 7) is 2.57. The number of rotatable bonds is 3. The summed E-state index contributed by atoms with van der Waals surface area (Å²) in [5, 5.41) is 8.97. The van der Waals surface area contributed by atoms with E-state index in [0.29, 0.717) is 6.54 Å². The van der Waals surface area contributed by atoms with Gasteiger partial charge in [-0.05, 0) is 29.7 Å². The van der Waals surface area contributed by atoms with E-state index in [9.17, 15) is 4.79 Å². The number of carboxylic acid groups (broad SMARTS) is 1. The van der Waals surface area contributed by atoms with Crippen LogP contribution in [0.15, 0.2) is 42.5 Å². The summed E-state index contributed by atoms with van der Waals surface area (Å²) < 4.78 is 0. The Kier molecular flexibility index (Phi) is 3.48. The summed E-state index contributed by atoms with van der Waals surface area (Å²) in [5.74, 6) is -0.976. The van der Waals surface area contributed by atoms with E-state index in [1.807, 2.05) is 6.07 Å². The maximum Gasteiger partial charge on any atom is 0.354 e. The van der Waals surface area contributed by atoms with Gasteiger partial charge in [-0.1, -0.05) is 30.3 Å². The van der Waals surface area contributed by atoms with Crippen molar-refractivity contribution in [3.8, 4) is 0 Å². The average Bonchev–Trinajstić information content (AvgIpc) is 2.47. The Morgan fingerprint density at radius 1 is 1.15 bits per heavy atom. The lowest BCUT2D eigenvalue weighted by atomic mass is 10.00. The minimum absolute atomic E-state index is 0.111. The second-order valence-corrected chi connectivity index (χ2v) is 5.05. The number of aromatic nitrogens is 1. The lowest BCUT2D eigenvalue weighted by Gasteiger charge is -2.28. The van der Waals surface area contributed by atoms with Gasteiger partial charge in [0, 0.05) is 19.6 Å². The van der Waals surface area contributed by atoms with Crippen molar-refractivity contribution in [2.45, 2.75) is 19.5 Å². The highest BCUT2D eigenvalue weighted by Gasteiger charge is 2.16. The van der Waals surface area contributed by atoms with Crippen LogP contribution in [0.2, 0.25) is 0 Å². The number of carboxylic acids is 1. The van der Waals surface area contributed by atoms with Crippen molar-refractivity contribution < 1.29 is 9.90 Å². The summed E-state index contributed by atoms with van der Waals surface area (Å²) in [6, 6.07) is 13.6. The van der Waals surface area contributed by atoms with E-state index in [-0.39, 0.29) is 5.69 Å². The van der Waals surface area contributed by atoms with Crippen molar-refractivity contribution in [1.29, 1.82) is 0 Å². The van der Waals surface area contributed by atoms with Crippen LogP contribution in [-0.4, -0.2) is 27.5 Å². The fourth-order valence-electron chi connectivity index (χ4n) is 2.60. The largest absolute Gasteiger partial charge is 0.477 e. The topological polar surface area (TPSA) is 53.4 Å². The normalized spacial score (nSPS) is 14.8. The molecule has 0 spiro atoms. The fraction of sp³-hybridized carbons (Fsp3) is 0.250. The molecule has 0 aliphatic carbocycles. The van der Waals surface area contributed by atoms with E-state index in [4.69, 9.17) is 5.11 Å². The molecule has 0 unspecified atom stereocenters. The zero-order chi connectivity index (χ0) is 13.9. The Labute approximate surface area is 117 Å². The van der Waals surface area contributed by atoms with Crippen LogP contribution in [-0.2, 0) is 19.5 Å². The van der Waals surface area contributed by atoms with Crippen LogP contribution in [0.25, 0.3) is 0 Å². The Hall–Kier alpha value is -2.20. The Balaban J connectivity index is 1.73. The van der Waals surface area contributed by atoms with Crippen LogP contribution in [0.1, 0.15) is 27.3 Å². The molecule has 4 heteroatoms. The molecule has 1 aliphatic rings. The van der Waals surface area contributed by atoms with Crippen LogP contribution >= 0.6 is 0 Å². The van der Waals surface area contributed by atoms with Crippen LogP contribution in [0, 0.1) is 0 Å². The molecular weight excluding hydrogens is 252 g/mol. The van der Waals surface area contributed by atoms with Gasteiger partial charge < -0.3 is 5.11 Å². The van der Waals surface area contributed by atoms with Gasteiger partial charge in [0.1, 0.15) is 5.69 Å². The smallest absolute Gasteiger partial charge is 0.354 e. The highest BCUT2D eigenvalue weighted by Crippen LogP contribution is 2.19. The number of aromatic carboxylic acids is 1. The van der Waals surface area contributed by atoms with Gasteiger partial charge in [-0.15, -0.1) is 0 Å². The number of fused-ring (bicyclic) bond motifs is 1. The van der Waals surface area contributed by atoms with Gasteiger partial charge in [0.05, 0.1) is 5.69 Å². The molecule has 1 aliphatic heterocycles. The molecule has 4 nitrogen and oxygen atoms in total. The number of nitrogens with zero attached hydrogens (tertiary/aromatic N) is 2. The first-order valence-corrected chi connectivity index (χ1v) is 6.71. The zero-order valence-electron chi connectivity index (χ0n) is 11.1. The summed E-state index contributed by atoms with van der Waals surface area (Å²) >= 11 is 0. The third kappa shape index (κ3) is 2.70. The van der Waals surface area contributed by atoms with E-state index < -0.39 is 5.97 Å². The molecule has 0 amide bonds. The minimum atomic E-state index is -0.976. The molecular formula is C16H16N2O2. The lowest BCUT2D eigenvalue weighted by Crippen LogP contribution is -2.30. The summed E-state index contributed by atoms with van der Waals surface area (Å²) in [4.78, 5) is 17.4. The Morgan fingerprint density at radius 2 is 1.95 bits per heavy atom. The van der Waals surface area contributed by atoms with Gasteiger partial charge >= 0.3 is 5.97 Å². The predicted octanol–water partition coefficient (Wildman–Crippen LogP) is 2.34. The number of hydrogen-bond acceptors (Lipinski definition) is 3. The molecule has 1 aromatic carbocycles. The molecule has 0 saturated carbocycles. The van der Waals surface area contributed by atoms with Crippen molar-refractivity contribution in [1.82, 2.24) is 9.88 Å². The first-order chi connectivity index (χ1) is 9.72. The molecule has 0 saturated heterocycles. The minimum Gasteiger partial charge on any atom is -0.477 e. The van der Waals surface area contributed by atoms with Crippen LogP contribution in [0.5, 0.6) is 0 Å². The Morgan fingerprint density at radius 3 is 2.75 bits per heavy atom. The molecule has 0 bridgehead atoms. The van der Waals surface area contributed by atoms with E-state index in [1.165, 1.54) is 17.2 Å². The maximum absolute atomic E-state index is 10.9. The molecule has 2 heterocycles. The van der Waals surface area contributed by atoms with Crippen molar-refractivity contribution in [2.75, 3.05) is 6.54 Å². The summed E-state index contributed by atoms with van der Waals surface area (Å²) in [5.41, 5.74) is 3.69. The summed E-state index contributed by atoms with van der Waals surface area (Å²) in [6.07, 6.45) is 1.04. The van der Waals surface area contributed by atoms with Gasteiger partial charge in [-0.25, -0.2) is 9.78 Å². The molecule has 2 aromatic rings. The fourth-order valence-corrected chi connectivity index (χ4v) is 2.60. The molecule has 0 radical (unpaired) electrons. The Bertz CT molecular complexity index is 640. The highest BCUT2D eigenvalue weighted by atomic mass is 16.4. The van der Waals surface area contributed by atoms with E-state index in [2.05, 4.69) is 34.1 Å². The third-order valence-corrected chi connectivity index (χ3v) is 3.62. The van der Waals surface area contributed by atoms with Gasteiger partial charge in [-0.2, -0.15) is 0 Å². The molecule has 0 fully saturated rings. The quantitative estimate of drug-likeness (QED) is 0.928. The first kappa shape index (κ1) is 12.8. The second kappa shape index (κ2) is 5.43. The average molecular weight is 268 g/mol. The third-order valence-electron chi connectivity index (χ3n) is 3.62. The molecule has 1 N–H and O–H groups in total. The SMILES string of the molecule is O=C(O)c1cccc(CN2CCc3ccccc3C2)n1. The summed E-state index contributed by atoms with van der Waals surface area (Å²) in [7, 11) is 0. The number of benzene rings is 1. The van der Waals surface area contributed by atoms with Gasteiger partial charge in [0.15, 0.2) is 0 Å². The van der Waals surface area contributed by atoms with Gasteiger partial charge in [0.25, 0.3) is 0 Å². The van der Waals surface area contributed by atoms with Crippen LogP contribution in [0.4, 0.5) is 0 Å². The number of pyridine rings is 1. The predicted molar refractivity (Wildman–Crippen MR) is 75.5 cm³/mol. The standard InChI is InChI=1S/C16H16N2O2/c19-16(20)15-7-3-6-14(17-15)11-18-9-8-12-4-1-2-5-13(12)10-18/h1-7H,8-11H2,(H,19,20). The van der Waals surface area contributed by atoms with Crippen LogP contribution in [0.3, 0.4) is 0 Å². The molecule has 1 aromatic heterocycles. The van der Waals surface area contributed by atoms with Crippen LogP contribution < -0.4 is 0 Å². The molecule has 20 heavy (non-hydrogen) atoms. The zero-order valence-corrected chi connectivity index (χ0v) is 11.1. The lowest BCUT2D eigenvalue weighted by molar-refractivity contribution is 0.0690. The first-order valence-electron chi connectivity index (χ1n) is 6.71. The van der Waals surface area contributed by atoms with E-state index in [1.54, 1.807) is 6.07 Å². The molecule has 0 atom stereocenters. The van der Waals surface area contributed by atoms with Crippen molar-refractivity contribution in [3.05, 3.63) is 65.0 Å². The highest BCUT2D eigenvalue weighted by molar-refractivity contribution is 5.85. The van der Waals surface area contributed by atoms with Gasteiger partial charge in [-0.3, -0.25) is 4.90 Å². The van der Waals surface area contributed by atoms with E-state index >= 15 is 0 Å². The van der Waals surface area contributed by atoms with E-state index in [0.717, 1.165) is 25.2 Å². The monoisotopic (exact) mass is 268 g/mol. The van der Waals surface area contributed by atoms with Crippen molar-refractivity contribution >= 4 is 5.97 Å². The molecule has 3 rings (SSSR count). The molecule has 102 valence electrons. The number of carbonyl (C=O) groups is 1. The maximum atomic E-state index is 10.9. The number of hydrogen-bond donors (Lipinski definition) is 1.